The molecule has 1 aromatic carbocycles. The first-order valence-electron chi connectivity index (χ1n) is 6.51. The summed E-state index contributed by atoms with van der Waals surface area (Å²) in [4.78, 5) is 8.09. The molecule has 3 rings (SSSR count). The Kier molecular flexibility index (Phi) is 3.42. The van der Waals surface area contributed by atoms with Crippen LogP contribution in [0.5, 0.6) is 5.75 Å². The molecule has 0 saturated carbocycles. The molecule has 1 unspecified atom stereocenters. The monoisotopic (exact) mass is 256 g/mol. The van der Waals surface area contributed by atoms with Gasteiger partial charge >= 0.3 is 0 Å². The molecule has 4 nitrogen and oxygen atoms in total. The number of aromatic nitrogens is 2. The Labute approximate surface area is 112 Å². The highest BCUT2D eigenvalue weighted by molar-refractivity contribution is 5.39. The van der Waals surface area contributed by atoms with Gasteiger partial charge in [0.05, 0.1) is 24.6 Å². The number of benzene rings is 1. The third-order valence-corrected chi connectivity index (χ3v) is 3.38. The highest BCUT2D eigenvalue weighted by atomic mass is 16.5. The van der Waals surface area contributed by atoms with Crippen molar-refractivity contribution in [2.75, 3.05) is 6.61 Å². The van der Waals surface area contributed by atoms with Crippen LogP contribution in [0.15, 0.2) is 36.8 Å². The first-order chi connectivity index (χ1) is 9.33. The molecule has 19 heavy (non-hydrogen) atoms. The molecule has 0 saturated heterocycles. The zero-order valence-corrected chi connectivity index (χ0v) is 10.6. The molecule has 98 valence electrons. The quantitative estimate of drug-likeness (QED) is 0.910. The van der Waals surface area contributed by atoms with Crippen molar-refractivity contribution in [3.05, 3.63) is 53.6 Å². The van der Waals surface area contributed by atoms with E-state index in [2.05, 4.69) is 22.1 Å². The van der Waals surface area contributed by atoms with Crippen LogP contribution in [0.1, 0.15) is 29.3 Å². The summed E-state index contributed by atoms with van der Waals surface area (Å²) < 4.78 is 5.48. The summed E-state index contributed by atoms with van der Waals surface area (Å²) in [6.45, 7) is 0.779. The van der Waals surface area contributed by atoms with Crippen LogP contribution < -0.4 is 4.74 Å². The van der Waals surface area contributed by atoms with E-state index < -0.39 is 6.10 Å². The lowest BCUT2D eigenvalue weighted by Crippen LogP contribution is -2.02. The van der Waals surface area contributed by atoms with E-state index in [0.717, 1.165) is 25.2 Å². The molecule has 2 heterocycles. The lowest BCUT2D eigenvalue weighted by atomic mass is 10.0. The average molecular weight is 256 g/mol. The van der Waals surface area contributed by atoms with Crippen LogP contribution in [0.25, 0.3) is 0 Å². The van der Waals surface area contributed by atoms with Gasteiger partial charge in [-0.2, -0.15) is 0 Å². The molecule has 1 N–H and O–H groups in total. The zero-order valence-electron chi connectivity index (χ0n) is 10.6. The topological polar surface area (TPSA) is 55.2 Å². The van der Waals surface area contributed by atoms with Gasteiger partial charge in [0.1, 0.15) is 5.75 Å². The third-order valence-electron chi connectivity index (χ3n) is 3.38. The number of aryl methyl sites for hydroxylation is 1. The number of nitrogens with zero attached hydrogens (tertiary/aromatic N) is 2. The number of aliphatic hydroxyl groups excluding tert-OH is 1. The molecule has 2 aromatic rings. The van der Waals surface area contributed by atoms with Gasteiger partial charge in [0, 0.05) is 18.8 Å². The fourth-order valence-electron chi connectivity index (χ4n) is 2.33. The fraction of sp³-hybridized carbons (Fsp3) is 0.333. The van der Waals surface area contributed by atoms with Crippen molar-refractivity contribution in [2.45, 2.75) is 25.4 Å². The van der Waals surface area contributed by atoms with Crippen LogP contribution in [0.4, 0.5) is 0 Å². The van der Waals surface area contributed by atoms with Gasteiger partial charge < -0.3 is 9.84 Å². The minimum absolute atomic E-state index is 0.557. The molecule has 1 aliphatic rings. The van der Waals surface area contributed by atoms with Gasteiger partial charge in [-0.15, -0.1) is 0 Å². The molecule has 1 aromatic heterocycles. The Morgan fingerprint density at radius 3 is 3.11 bits per heavy atom. The standard InChI is InChI=1S/C15H16N2O2/c18-14(13-10-16-6-7-17-13)3-1-11-2-4-15-12(9-11)5-8-19-15/h2,4,6-7,9-10,14,18H,1,3,5,8H2. The normalized spacial score (nSPS) is 14.8. The Bertz CT molecular complexity index is 557. The number of fused-ring (bicyclic) bond motifs is 1. The highest BCUT2D eigenvalue weighted by Crippen LogP contribution is 2.27. The molecule has 1 aliphatic heterocycles. The lowest BCUT2D eigenvalue weighted by molar-refractivity contribution is 0.162. The maximum absolute atomic E-state index is 10.0. The molecule has 0 aliphatic carbocycles. The Morgan fingerprint density at radius 2 is 2.26 bits per heavy atom. The van der Waals surface area contributed by atoms with Crippen molar-refractivity contribution < 1.29 is 9.84 Å². The molecule has 0 spiro atoms. The van der Waals surface area contributed by atoms with Crippen molar-refractivity contribution in [3.63, 3.8) is 0 Å². The van der Waals surface area contributed by atoms with Crippen molar-refractivity contribution in [1.29, 1.82) is 0 Å². The van der Waals surface area contributed by atoms with Gasteiger partial charge in [-0.3, -0.25) is 9.97 Å². The maximum Gasteiger partial charge on any atom is 0.122 e. The minimum Gasteiger partial charge on any atom is -0.493 e. The van der Waals surface area contributed by atoms with Crippen molar-refractivity contribution in [3.8, 4) is 5.75 Å². The zero-order chi connectivity index (χ0) is 13.1. The van der Waals surface area contributed by atoms with Gasteiger partial charge in [-0.25, -0.2) is 0 Å². The molecular weight excluding hydrogens is 240 g/mol. The van der Waals surface area contributed by atoms with Gasteiger partial charge in [0.2, 0.25) is 0 Å². The summed E-state index contributed by atoms with van der Waals surface area (Å²) in [5, 5.41) is 10.0. The predicted molar refractivity (Wildman–Crippen MR) is 71.0 cm³/mol. The van der Waals surface area contributed by atoms with Crippen molar-refractivity contribution in [2.24, 2.45) is 0 Å². The summed E-state index contributed by atoms with van der Waals surface area (Å²) in [7, 11) is 0. The fourth-order valence-corrected chi connectivity index (χ4v) is 2.33. The van der Waals surface area contributed by atoms with E-state index in [-0.39, 0.29) is 0 Å². The first kappa shape index (κ1) is 12.1. The highest BCUT2D eigenvalue weighted by Gasteiger charge is 2.13. The van der Waals surface area contributed by atoms with Crippen LogP contribution >= 0.6 is 0 Å². The van der Waals surface area contributed by atoms with E-state index in [9.17, 15) is 5.11 Å². The minimum atomic E-state index is -0.557. The Balaban J connectivity index is 1.63. The van der Waals surface area contributed by atoms with Crippen LogP contribution in [0, 0.1) is 0 Å². The van der Waals surface area contributed by atoms with Crippen molar-refractivity contribution in [1.82, 2.24) is 9.97 Å². The Morgan fingerprint density at radius 1 is 1.32 bits per heavy atom. The first-order valence-corrected chi connectivity index (χ1v) is 6.51. The molecule has 0 fully saturated rings. The van der Waals surface area contributed by atoms with Gasteiger partial charge in [0.25, 0.3) is 0 Å². The van der Waals surface area contributed by atoms with E-state index in [1.807, 2.05) is 6.07 Å². The Hall–Kier alpha value is -1.94. The van der Waals surface area contributed by atoms with Gasteiger partial charge in [0.15, 0.2) is 0 Å². The second-order valence-corrected chi connectivity index (χ2v) is 4.73. The molecule has 0 amide bonds. The van der Waals surface area contributed by atoms with Crippen LogP contribution in [0.2, 0.25) is 0 Å². The summed E-state index contributed by atoms with van der Waals surface area (Å²) in [5.74, 6) is 0.998. The molecular formula is C15H16N2O2. The summed E-state index contributed by atoms with van der Waals surface area (Å²) in [6, 6.07) is 6.26. The number of ether oxygens (including phenoxy) is 1. The third kappa shape index (κ3) is 2.74. The molecule has 0 bridgehead atoms. The maximum atomic E-state index is 10.0. The van der Waals surface area contributed by atoms with Crippen LogP contribution in [-0.4, -0.2) is 21.7 Å². The smallest absolute Gasteiger partial charge is 0.122 e. The summed E-state index contributed by atoms with van der Waals surface area (Å²) in [5.41, 5.74) is 3.13. The van der Waals surface area contributed by atoms with Gasteiger partial charge in [-0.05, 0) is 30.0 Å². The second-order valence-electron chi connectivity index (χ2n) is 4.73. The number of rotatable bonds is 4. The second kappa shape index (κ2) is 5.36. The predicted octanol–water partition coefficient (Wildman–Crippen LogP) is 2.08. The average Bonchev–Trinajstić information content (AvgIpc) is 2.93. The number of hydrogen-bond donors (Lipinski definition) is 1. The van der Waals surface area contributed by atoms with Crippen LogP contribution in [-0.2, 0) is 12.8 Å². The van der Waals surface area contributed by atoms with E-state index in [4.69, 9.17) is 4.74 Å². The van der Waals surface area contributed by atoms with E-state index >= 15 is 0 Å². The lowest BCUT2D eigenvalue weighted by Gasteiger charge is -2.10. The summed E-state index contributed by atoms with van der Waals surface area (Å²) >= 11 is 0. The number of hydrogen-bond acceptors (Lipinski definition) is 4. The SMILES string of the molecule is OC(CCc1ccc2c(c1)CCO2)c1cnccn1. The molecule has 0 radical (unpaired) electrons. The molecule has 4 heteroatoms. The van der Waals surface area contributed by atoms with E-state index in [1.54, 1.807) is 18.6 Å². The summed E-state index contributed by atoms with van der Waals surface area (Å²) in [6.07, 6.45) is 6.72. The van der Waals surface area contributed by atoms with E-state index in [1.165, 1.54) is 11.1 Å². The van der Waals surface area contributed by atoms with Crippen LogP contribution in [0.3, 0.4) is 0 Å². The molecule has 1 atom stereocenters. The van der Waals surface area contributed by atoms with Gasteiger partial charge in [-0.1, -0.05) is 12.1 Å². The van der Waals surface area contributed by atoms with E-state index in [0.29, 0.717) is 12.1 Å². The number of aliphatic hydroxyl groups is 1. The van der Waals surface area contributed by atoms with Crippen molar-refractivity contribution >= 4 is 0 Å². The largest absolute Gasteiger partial charge is 0.493 e.